The second kappa shape index (κ2) is 5.47. The summed E-state index contributed by atoms with van der Waals surface area (Å²) in [6.07, 6.45) is 4.48. The van der Waals surface area contributed by atoms with Gasteiger partial charge in [0.2, 0.25) is 0 Å². The molecule has 7 heteroatoms. The average molecular weight is 178 g/mol. The molecule has 0 bridgehead atoms. The SMILES string of the molecule is O=c1ccnn[nH]1.c1cnnnc1. The predicted molar refractivity (Wildman–Crippen MR) is 42.5 cm³/mol. The molecule has 0 radical (unpaired) electrons. The van der Waals surface area contributed by atoms with Gasteiger partial charge in [0.05, 0.1) is 18.6 Å². The van der Waals surface area contributed by atoms with Crippen LogP contribution >= 0.6 is 0 Å². The normalized spacial score (nSPS) is 8.31. The second-order valence-corrected chi connectivity index (χ2v) is 1.82. The number of aromatic nitrogens is 6. The van der Waals surface area contributed by atoms with E-state index in [2.05, 4.69) is 30.8 Å². The first-order valence-electron chi connectivity index (χ1n) is 3.34. The molecule has 0 aliphatic rings. The van der Waals surface area contributed by atoms with Gasteiger partial charge in [-0.05, 0) is 11.3 Å². The van der Waals surface area contributed by atoms with Gasteiger partial charge in [-0.2, -0.15) is 0 Å². The van der Waals surface area contributed by atoms with E-state index in [0.29, 0.717) is 0 Å². The zero-order chi connectivity index (χ0) is 9.36. The Kier molecular flexibility index (Phi) is 3.75. The Labute approximate surface area is 72.8 Å². The Morgan fingerprint density at radius 2 is 1.85 bits per heavy atom. The topological polar surface area (TPSA) is 97.3 Å². The highest BCUT2D eigenvalue weighted by Gasteiger charge is 1.71. The highest BCUT2D eigenvalue weighted by Crippen LogP contribution is 1.61. The lowest BCUT2D eigenvalue weighted by Gasteiger charge is -1.71. The molecule has 0 atom stereocenters. The molecule has 13 heavy (non-hydrogen) atoms. The summed E-state index contributed by atoms with van der Waals surface area (Å²) >= 11 is 0. The Morgan fingerprint density at radius 1 is 1.08 bits per heavy atom. The minimum absolute atomic E-state index is 0.227. The molecular weight excluding hydrogens is 172 g/mol. The van der Waals surface area contributed by atoms with Gasteiger partial charge in [-0.25, -0.2) is 5.10 Å². The summed E-state index contributed by atoms with van der Waals surface area (Å²) in [5.74, 6) is 0. The molecular formula is C6H6N6O. The lowest BCUT2D eigenvalue weighted by molar-refractivity contribution is 0.840. The van der Waals surface area contributed by atoms with Crippen molar-refractivity contribution in [2.75, 3.05) is 0 Å². The van der Waals surface area contributed by atoms with Crippen LogP contribution in [0.1, 0.15) is 0 Å². The van der Waals surface area contributed by atoms with Crippen molar-refractivity contribution in [3.63, 3.8) is 0 Å². The monoisotopic (exact) mass is 178 g/mol. The van der Waals surface area contributed by atoms with Crippen molar-refractivity contribution >= 4 is 0 Å². The maximum atomic E-state index is 10.1. The molecule has 0 aliphatic carbocycles. The fourth-order valence-corrected chi connectivity index (χ4v) is 0.455. The highest BCUT2D eigenvalue weighted by molar-refractivity contribution is 4.72. The molecule has 66 valence electrons. The van der Waals surface area contributed by atoms with E-state index in [1.165, 1.54) is 12.3 Å². The van der Waals surface area contributed by atoms with Gasteiger partial charge in [0.15, 0.2) is 0 Å². The molecule has 0 aromatic carbocycles. The third-order valence-corrected chi connectivity index (χ3v) is 0.919. The molecule has 0 saturated carbocycles. The maximum absolute atomic E-state index is 10.1. The molecule has 0 spiro atoms. The van der Waals surface area contributed by atoms with Gasteiger partial charge in [0, 0.05) is 6.07 Å². The summed E-state index contributed by atoms with van der Waals surface area (Å²) in [6, 6.07) is 3.01. The Hall–Kier alpha value is -2.18. The van der Waals surface area contributed by atoms with Gasteiger partial charge < -0.3 is 0 Å². The average Bonchev–Trinajstić information content (AvgIpc) is 2.22. The molecule has 1 N–H and O–H groups in total. The largest absolute Gasteiger partial charge is 0.268 e. The fourth-order valence-electron chi connectivity index (χ4n) is 0.455. The van der Waals surface area contributed by atoms with Crippen molar-refractivity contribution in [2.24, 2.45) is 0 Å². The van der Waals surface area contributed by atoms with E-state index in [-0.39, 0.29) is 5.56 Å². The van der Waals surface area contributed by atoms with Crippen LogP contribution in [0, 0.1) is 0 Å². The molecule has 7 nitrogen and oxygen atoms in total. The van der Waals surface area contributed by atoms with E-state index in [9.17, 15) is 4.79 Å². The van der Waals surface area contributed by atoms with Gasteiger partial charge >= 0.3 is 0 Å². The van der Waals surface area contributed by atoms with Crippen LogP contribution in [-0.2, 0) is 0 Å². The van der Waals surface area contributed by atoms with Gasteiger partial charge in [-0.15, -0.1) is 15.3 Å². The third-order valence-electron chi connectivity index (χ3n) is 0.919. The Bertz CT molecular complexity index is 330. The predicted octanol–water partition coefficient (Wildman–Crippen LogP) is -0.964. The number of aromatic amines is 1. The minimum Gasteiger partial charge on any atom is -0.268 e. The molecule has 0 amide bonds. The molecule has 2 aromatic rings. The molecule has 2 aromatic heterocycles. The van der Waals surface area contributed by atoms with Crippen LogP contribution in [0.5, 0.6) is 0 Å². The van der Waals surface area contributed by atoms with E-state index in [4.69, 9.17) is 0 Å². The zero-order valence-electron chi connectivity index (χ0n) is 6.53. The third kappa shape index (κ3) is 4.30. The summed E-state index contributed by atoms with van der Waals surface area (Å²) in [6.45, 7) is 0. The van der Waals surface area contributed by atoms with Crippen LogP contribution in [0.15, 0.2) is 35.5 Å². The van der Waals surface area contributed by atoms with E-state index < -0.39 is 0 Å². The van der Waals surface area contributed by atoms with Gasteiger partial charge in [0.25, 0.3) is 5.56 Å². The summed E-state index contributed by atoms with van der Waals surface area (Å²) in [5.41, 5.74) is -0.227. The fraction of sp³-hybridized carbons (Fsp3) is 0. The van der Waals surface area contributed by atoms with Crippen LogP contribution in [0.4, 0.5) is 0 Å². The molecule has 0 saturated heterocycles. The maximum Gasteiger partial charge on any atom is 0.267 e. The van der Waals surface area contributed by atoms with Crippen LogP contribution in [-0.4, -0.2) is 30.8 Å². The molecule has 2 heterocycles. The number of nitrogens with zero attached hydrogens (tertiary/aromatic N) is 5. The van der Waals surface area contributed by atoms with Crippen LogP contribution < -0.4 is 5.56 Å². The number of hydrogen-bond acceptors (Lipinski definition) is 6. The number of H-pyrrole nitrogens is 1. The van der Waals surface area contributed by atoms with Crippen molar-refractivity contribution in [3.8, 4) is 0 Å². The number of rotatable bonds is 0. The van der Waals surface area contributed by atoms with E-state index in [1.54, 1.807) is 18.5 Å². The molecule has 0 aliphatic heterocycles. The van der Waals surface area contributed by atoms with Crippen LogP contribution in [0.2, 0.25) is 0 Å². The second-order valence-electron chi connectivity index (χ2n) is 1.82. The molecule has 0 fully saturated rings. The lowest BCUT2D eigenvalue weighted by Crippen LogP contribution is -2.05. The standard InChI is InChI=1S/C3H3N3O.C3H3N3/c7-3-1-2-4-6-5-3;1-2-4-6-5-3-1/h1-2H,(H,4,5,7);1-3H. The quantitative estimate of drug-likeness (QED) is 0.557. The van der Waals surface area contributed by atoms with Crippen molar-refractivity contribution in [1.82, 2.24) is 30.8 Å². The van der Waals surface area contributed by atoms with E-state index in [1.807, 2.05) is 0 Å². The smallest absolute Gasteiger partial charge is 0.267 e. The van der Waals surface area contributed by atoms with Crippen molar-refractivity contribution in [2.45, 2.75) is 0 Å². The first-order valence-corrected chi connectivity index (χ1v) is 3.34. The van der Waals surface area contributed by atoms with E-state index >= 15 is 0 Å². The van der Waals surface area contributed by atoms with Gasteiger partial charge in [-0.1, -0.05) is 5.21 Å². The summed E-state index contributed by atoms with van der Waals surface area (Å²) in [7, 11) is 0. The van der Waals surface area contributed by atoms with Crippen LogP contribution in [0.3, 0.4) is 0 Å². The van der Waals surface area contributed by atoms with Crippen molar-refractivity contribution in [1.29, 1.82) is 0 Å². The zero-order valence-corrected chi connectivity index (χ0v) is 6.53. The Balaban J connectivity index is 0.000000132. The van der Waals surface area contributed by atoms with Crippen LogP contribution in [0.25, 0.3) is 0 Å². The number of hydrogen-bond donors (Lipinski definition) is 1. The van der Waals surface area contributed by atoms with Crippen molar-refractivity contribution < 1.29 is 0 Å². The van der Waals surface area contributed by atoms with E-state index in [0.717, 1.165) is 0 Å². The lowest BCUT2D eigenvalue weighted by atomic mass is 10.7. The first-order chi connectivity index (χ1) is 6.39. The van der Waals surface area contributed by atoms with Crippen molar-refractivity contribution in [3.05, 3.63) is 41.1 Å². The van der Waals surface area contributed by atoms with Gasteiger partial charge in [0.1, 0.15) is 0 Å². The Morgan fingerprint density at radius 3 is 2.08 bits per heavy atom. The summed E-state index contributed by atoms with van der Waals surface area (Å²) in [4.78, 5) is 10.1. The molecule has 2 rings (SSSR count). The summed E-state index contributed by atoms with van der Waals surface area (Å²) < 4.78 is 0. The van der Waals surface area contributed by atoms with Gasteiger partial charge in [-0.3, -0.25) is 4.79 Å². The first kappa shape index (κ1) is 8.91. The minimum atomic E-state index is -0.227. The number of nitrogens with one attached hydrogen (secondary N) is 1. The highest BCUT2D eigenvalue weighted by atomic mass is 16.1. The molecule has 0 unspecified atom stereocenters. The summed E-state index contributed by atoms with van der Waals surface area (Å²) in [5, 5.41) is 18.8.